The van der Waals surface area contributed by atoms with E-state index in [-0.39, 0.29) is 11.6 Å². The molecule has 1 fully saturated rings. The van der Waals surface area contributed by atoms with Crippen LogP contribution in [0.1, 0.15) is 48.2 Å². The molecule has 0 saturated carbocycles. The number of benzene rings is 2. The number of amides is 1. The number of piperidine rings is 1. The molecular weight excluding hydrogens is 382 g/mol. The maximum atomic E-state index is 12.6. The summed E-state index contributed by atoms with van der Waals surface area (Å²) >= 11 is 0. The zero-order chi connectivity index (χ0) is 21.5. The van der Waals surface area contributed by atoms with Crippen LogP contribution in [0, 0.1) is 16.0 Å². The molecule has 0 atom stereocenters. The summed E-state index contributed by atoms with van der Waals surface area (Å²) in [6.45, 7) is 7.33. The number of carbonyl (C=O) groups is 1. The molecule has 1 saturated heterocycles. The molecule has 0 spiro atoms. The second kappa shape index (κ2) is 10.2. The van der Waals surface area contributed by atoms with Crippen LogP contribution in [0.4, 0.5) is 11.4 Å². The van der Waals surface area contributed by atoms with Crippen LogP contribution in [0.15, 0.2) is 42.5 Å². The minimum Gasteiger partial charge on any atom is -0.377 e. The highest BCUT2D eigenvalue weighted by atomic mass is 16.6. The van der Waals surface area contributed by atoms with Crippen molar-refractivity contribution < 1.29 is 14.5 Å². The highest BCUT2D eigenvalue weighted by molar-refractivity contribution is 5.95. The van der Waals surface area contributed by atoms with Crippen LogP contribution >= 0.6 is 0 Å². The Balaban J connectivity index is 1.65. The van der Waals surface area contributed by atoms with Gasteiger partial charge in [0.1, 0.15) is 5.69 Å². The van der Waals surface area contributed by atoms with E-state index in [4.69, 9.17) is 4.74 Å². The molecule has 7 nitrogen and oxygen atoms in total. The lowest BCUT2D eigenvalue weighted by Crippen LogP contribution is -2.33. The van der Waals surface area contributed by atoms with Crippen molar-refractivity contribution in [2.45, 2.75) is 39.8 Å². The Hall–Kier alpha value is -2.93. The number of carbonyl (C=O) groups excluding carboxylic acids is 1. The molecule has 2 aromatic rings. The Kier molecular flexibility index (Phi) is 7.41. The topological polar surface area (TPSA) is 84.7 Å². The molecule has 1 aliphatic heterocycles. The first-order chi connectivity index (χ1) is 14.5. The summed E-state index contributed by atoms with van der Waals surface area (Å²) in [6, 6.07) is 12.6. The van der Waals surface area contributed by atoms with Crippen LogP contribution in [-0.4, -0.2) is 30.5 Å². The zero-order valence-electron chi connectivity index (χ0n) is 17.6. The third kappa shape index (κ3) is 5.57. The average molecular weight is 412 g/mol. The van der Waals surface area contributed by atoms with Gasteiger partial charge in [-0.15, -0.1) is 0 Å². The molecule has 1 heterocycles. The molecule has 1 amide bonds. The summed E-state index contributed by atoms with van der Waals surface area (Å²) in [4.78, 5) is 25.8. The second-order valence-corrected chi connectivity index (χ2v) is 7.77. The number of nitrogens with one attached hydrogen (secondary N) is 1. The van der Waals surface area contributed by atoms with Gasteiger partial charge < -0.3 is 15.0 Å². The van der Waals surface area contributed by atoms with Crippen molar-refractivity contribution in [3.63, 3.8) is 0 Å². The first kappa shape index (κ1) is 21.8. The first-order valence-corrected chi connectivity index (χ1v) is 10.4. The molecule has 1 aliphatic rings. The Morgan fingerprint density at radius 1 is 1.17 bits per heavy atom. The lowest BCUT2D eigenvalue weighted by atomic mass is 9.98. The smallest absolute Gasteiger partial charge is 0.293 e. The summed E-state index contributed by atoms with van der Waals surface area (Å²) < 4.78 is 5.38. The highest BCUT2D eigenvalue weighted by Gasteiger charge is 2.24. The van der Waals surface area contributed by atoms with E-state index in [0.29, 0.717) is 36.9 Å². The van der Waals surface area contributed by atoms with Crippen molar-refractivity contribution in [1.29, 1.82) is 0 Å². The summed E-state index contributed by atoms with van der Waals surface area (Å²) in [5, 5.41) is 14.5. The van der Waals surface area contributed by atoms with Crippen molar-refractivity contribution in [2.75, 3.05) is 24.6 Å². The lowest BCUT2D eigenvalue weighted by molar-refractivity contribution is -0.384. The van der Waals surface area contributed by atoms with Gasteiger partial charge >= 0.3 is 0 Å². The number of nitro groups is 1. The predicted molar refractivity (Wildman–Crippen MR) is 117 cm³/mol. The van der Waals surface area contributed by atoms with Crippen LogP contribution in [0.3, 0.4) is 0 Å². The Bertz CT molecular complexity index is 875. The van der Waals surface area contributed by atoms with Crippen molar-refractivity contribution in [3.05, 3.63) is 69.3 Å². The van der Waals surface area contributed by atoms with Crippen molar-refractivity contribution in [1.82, 2.24) is 5.32 Å². The van der Waals surface area contributed by atoms with Gasteiger partial charge in [0.15, 0.2) is 0 Å². The Morgan fingerprint density at radius 2 is 1.83 bits per heavy atom. The van der Waals surface area contributed by atoms with Gasteiger partial charge in [-0.2, -0.15) is 0 Å². The molecule has 7 heteroatoms. The number of hydrogen-bond donors (Lipinski definition) is 1. The fourth-order valence-electron chi connectivity index (χ4n) is 3.59. The number of rotatable bonds is 8. The van der Waals surface area contributed by atoms with E-state index < -0.39 is 4.92 Å². The van der Waals surface area contributed by atoms with E-state index in [0.717, 1.165) is 37.1 Å². The van der Waals surface area contributed by atoms with E-state index in [2.05, 4.69) is 12.2 Å². The largest absolute Gasteiger partial charge is 0.377 e. The van der Waals surface area contributed by atoms with E-state index in [1.54, 1.807) is 12.1 Å². The normalized spacial score (nSPS) is 14.5. The van der Waals surface area contributed by atoms with Crippen molar-refractivity contribution in [3.8, 4) is 0 Å². The van der Waals surface area contributed by atoms with E-state index in [1.807, 2.05) is 36.1 Å². The third-order valence-corrected chi connectivity index (χ3v) is 5.51. The number of anilines is 1. The summed E-state index contributed by atoms with van der Waals surface area (Å²) in [6.07, 6.45) is 2.03. The molecule has 0 unspecified atom stereocenters. The molecule has 0 aliphatic carbocycles. The molecule has 0 radical (unpaired) electrons. The van der Waals surface area contributed by atoms with Gasteiger partial charge in [-0.3, -0.25) is 14.9 Å². The summed E-state index contributed by atoms with van der Waals surface area (Å²) in [5.74, 6) is 0.314. The second-order valence-electron chi connectivity index (χ2n) is 7.77. The SMILES string of the molecule is CCOCc1ccc(CNC(=O)c2ccc(N3CCC(C)CC3)c([N+](=O)[O-])c2)cc1. The fraction of sp³-hybridized carbons (Fsp3) is 0.435. The van der Waals surface area contributed by atoms with E-state index >= 15 is 0 Å². The van der Waals surface area contributed by atoms with Crippen LogP contribution in [0.25, 0.3) is 0 Å². The molecule has 3 rings (SSSR count). The monoisotopic (exact) mass is 411 g/mol. The first-order valence-electron chi connectivity index (χ1n) is 10.4. The van der Waals surface area contributed by atoms with Crippen LogP contribution in [-0.2, 0) is 17.9 Å². The van der Waals surface area contributed by atoms with Gasteiger partial charge in [-0.1, -0.05) is 31.2 Å². The van der Waals surface area contributed by atoms with Crippen LogP contribution < -0.4 is 10.2 Å². The maximum absolute atomic E-state index is 12.6. The van der Waals surface area contributed by atoms with Crippen molar-refractivity contribution in [2.24, 2.45) is 5.92 Å². The number of nitrogens with zero attached hydrogens (tertiary/aromatic N) is 2. The molecule has 0 aromatic heterocycles. The molecule has 0 bridgehead atoms. The Morgan fingerprint density at radius 3 is 2.47 bits per heavy atom. The predicted octanol–water partition coefficient (Wildman–Crippen LogP) is 4.30. The van der Waals surface area contributed by atoms with Crippen LogP contribution in [0.2, 0.25) is 0 Å². The van der Waals surface area contributed by atoms with Gasteiger partial charge in [0.05, 0.1) is 11.5 Å². The lowest BCUT2D eigenvalue weighted by Gasteiger charge is -2.31. The highest BCUT2D eigenvalue weighted by Crippen LogP contribution is 2.32. The minimum atomic E-state index is -0.402. The maximum Gasteiger partial charge on any atom is 0.293 e. The molecule has 30 heavy (non-hydrogen) atoms. The molecular formula is C23H29N3O4. The van der Waals surface area contributed by atoms with Crippen molar-refractivity contribution >= 4 is 17.3 Å². The quantitative estimate of drug-likeness (QED) is 0.517. The van der Waals surface area contributed by atoms with Gasteiger partial charge in [-0.25, -0.2) is 0 Å². The summed E-state index contributed by atoms with van der Waals surface area (Å²) in [5.41, 5.74) is 2.90. The summed E-state index contributed by atoms with van der Waals surface area (Å²) in [7, 11) is 0. The van der Waals surface area contributed by atoms with E-state index in [1.165, 1.54) is 6.07 Å². The van der Waals surface area contributed by atoms with Gasteiger partial charge in [0, 0.05) is 37.9 Å². The van der Waals surface area contributed by atoms with Gasteiger partial charge in [0.2, 0.25) is 0 Å². The zero-order valence-corrected chi connectivity index (χ0v) is 17.6. The van der Waals surface area contributed by atoms with E-state index in [9.17, 15) is 14.9 Å². The minimum absolute atomic E-state index is 0.0162. The number of hydrogen-bond acceptors (Lipinski definition) is 5. The van der Waals surface area contributed by atoms with Crippen LogP contribution in [0.5, 0.6) is 0 Å². The number of nitro benzene ring substituents is 1. The fourth-order valence-corrected chi connectivity index (χ4v) is 3.59. The van der Waals surface area contributed by atoms with Gasteiger partial charge in [-0.05, 0) is 48.9 Å². The van der Waals surface area contributed by atoms with Gasteiger partial charge in [0.25, 0.3) is 11.6 Å². The molecule has 160 valence electrons. The number of ether oxygens (including phenoxy) is 1. The molecule has 1 N–H and O–H groups in total. The third-order valence-electron chi connectivity index (χ3n) is 5.51. The molecule has 2 aromatic carbocycles. The standard InChI is InChI=1S/C23H29N3O4/c1-3-30-16-19-6-4-18(5-7-19)15-24-23(27)20-8-9-21(22(14-20)26(28)29)25-12-10-17(2)11-13-25/h4-9,14,17H,3,10-13,15-16H2,1-2H3,(H,24,27). The average Bonchev–Trinajstić information content (AvgIpc) is 2.77. The Labute approximate surface area is 177 Å².